The molecule has 1 unspecified atom stereocenters. The summed E-state index contributed by atoms with van der Waals surface area (Å²) >= 11 is 0. The highest BCUT2D eigenvalue weighted by Crippen LogP contribution is 2.40. The van der Waals surface area contributed by atoms with E-state index in [1.807, 2.05) is 6.07 Å². The van der Waals surface area contributed by atoms with Gasteiger partial charge in [0.25, 0.3) is 0 Å². The van der Waals surface area contributed by atoms with E-state index in [2.05, 4.69) is 25.1 Å². The van der Waals surface area contributed by atoms with Crippen LogP contribution in [-0.4, -0.2) is 5.11 Å². The Labute approximate surface area is 98.5 Å². The number of unbranched alkanes of at least 4 members (excludes halogenated alkanes) is 1. The third-order valence-electron chi connectivity index (χ3n) is 3.73. The Morgan fingerprint density at radius 1 is 1.31 bits per heavy atom. The molecule has 0 spiro atoms. The van der Waals surface area contributed by atoms with Crippen molar-refractivity contribution in [2.45, 2.75) is 57.5 Å². The van der Waals surface area contributed by atoms with Crippen LogP contribution in [0.3, 0.4) is 0 Å². The molecule has 2 rings (SSSR count). The second-order valence-electron chi connectivity index (χ2n) is 4.91. The quantitative estimate of drug-likeness (QED) is 0.786. The van der Waals surface area contributed by atoms with Crippen LogP contribution in [-0.2, 0) is 0 Å². The molecule has 0 saturated heterocycles. The van der Waals surface area contributed by atoms with E-state index >= 15 is 0 Å². The Bertz CT molecular complexity index is 328. The van der Waals surface area contributed by atoms with Crippen molar-refractivity contribution in [1.29, 1.82) is 0 Å². The summed E-state index contributed by atoms with van der Waals surface area (Å²) in [4.78, 5) is 0. The molecule has 1 aromatic rings. The summed E-state index contributed by atoms with van der Waals surface area (Å²) in [6.45, 7) is 2.17. The van der Waals surface area contributed by atoms with Gasteiger partial charge in [0.05, 0.1) is 6.10 Å². The van der Waals surface area contributed by atoms with Gasteiger partial charge in [0, 0.05) is 0 Å². The summed E-state index contributed by atoms with van der Waals surface area (Å²) in [5.41, 5.74) is 2.58. The molecule has 1 aliphatic carbocycles. The minimum atomic E-state index is -0.253. The zero-order valence-corrected chi connectivity index (χ0v) is 10.2. The summed E-state index contributed by atoms with van der Waals surface area (Å²) < 4.78 is 0. The van der Waals surface area contributed by atoms with E-state index in [0.717, 1.165) is 19.3 Å². The third-order valence-corrected chi connectivity index (χ3v) is 3.73. The number of benzene rings is 1. The second-order valence-corrected chi connectivity index (χ2v) is 4.91. The monoisotopic (exact) mass is 218 g/mol. The van der Waals surface area contributed by atoms with Gasteiger partial charge in [-0.25, -0.2) is 0 Å². The van der Waals surface area contributed by atoms with E-state index < -0.39 is 0 Å². The van der Waals surface area contributed by atoms with E-state index in [-0.39, 0.29) is 6.10 Å². The highest BCUT2D eigenvalue weighted by atomic mass is 16.3. The summed E-state index contributed by atoms with van der Waals surface area (Å²) in [6.07, 6.45) is 6.87. The van der Waals surface area contributed by atoms with Crippen molar-refractivity contribution in [3.8, 4) is 0 Å². The van der Waals surface area contributed by atoms with Crippen LogP contribution >= 0.6 is 0 Å². The lowest BCUT2D eigenvalue weighted by Crippen LogP contribution is -2.13. The van der Waals surface area contributed by atoms with E-state index in [9.17, 15) is 5.11 Å². The Morgan fingerprint density at radius 2 is 2.06 bits per heavy atom. The molecule has 1 aromatic carbocycles. The first kappa shape index (κ1) is 11.7. The highest BCUT2D eigenvalue weighted by molar-refractivity contribution is 5.33. The van der Waals surface area contributed by atoms with Gasteiger partial charge in [-0.15, -0.1) is 0 Å². The predicted molar refractivity (Wildman–Crippen MR) is 67.5 cm³/mol. The number of aliphatic hydroxyl groups is 1. The van der Waals surface area contributed by atoms with Gasteiger partial charge < -0.3 is 5.11 Å². The van der Waals surface area contributed by atoms with Crippen LogP contribution in [0, 0.1) is 0 Å². The van der Waals surface area contributed by atoms with Crippen molar-refractivity contribution >= 4 is 0 Å². The van der Waals surface area contributed by atoms with Crippen molar-refractivity contribution in [3.05, 3.63) is 35.4 Å². The molecule has 1 N–H and O–H groups in total. The largest absolute Gasteiger partial charge is 0.388 e. The Hall–Kier alpha value is -0.820. The fourth-order valence-electron chi connectivity index (χ4n) is 2.46. The van der Waals surface area contributed by atoms with Crippen LogP contribution < -0.4 is 0 Å². The smallest absolute Gasteiger partial charge is 0.0792 e. The molecule has 0 aromatic heterocycles. The first-order valence-electron chi connectivity index (χ1n) is 6.59. The maximum atomic E-state index is 10.2. The lowest BCUT2D eigenvalue weighted by Gasteiger charge is -2.29. The number of hydrogen-bond donors (Lipinski definition) is 1. The lowest BCUT2D eigenvalue weighted by molar-refractivity contribution is 0.162. The van der Waals surface area contributed by atoms with Crippen LogP contribution in [0.5, 0.6) is 0 Å². The first-order chi connectivity index (χ1) is 7.83. The Kier molecular flexibility index (Phi) is 4.00. The Balaban J connectivity index is 2.11. The minimum Gasteiger partial charge on any atom is -0.388 e. The molecule has 1 saturated carbocycles. The molecular weight excluding hydrogens is 196 g/mol. The SMILES string of the molecule is CCCCC(O)c1ccccc1C1CCC1. The van der Waals surface area contributed by atoms with Crippen LogP contribution in [0.25, 0.3) is 0 Å². The normalized spacial score (nSPS) is 18.1. The molecule has 1 atom stereocenters. The molecule has 88 valence electrons. The highest BCUT2D eigenvalue weighted by Gasteiger charge is 2.23. The molecule has 16 heavy (non-hydrogen) atoms. The zero-order valence-electron chi connectivity index (χ0n) is 10.2. The average Bonchev–Trinajstić information content (AvgIpc) is 2.24. The zero-order chi connectivity index (χ0) is 11.4. The van der Waals surface area contributed by atoms with Crippen molar-refractivity contribution in [1.82, 2.24) is 0 Å². The predicted octanol–water partition coefficient (Wildman–Crippen LogP) is 4.18. The van der Waals surface area contributed by atoms with E-state index in [1.165, 1.54) is 30.4 Å². The summed E-state index contributed by atoms with van der Waals surface area (Å²) in [5, 5.41) is 10.2. The van der Waals surface area contributed by atoms with Crippen LogP contribution in [0.4, 0.5) is 0 Å². The molecular formula is C15H22O. The van der Waals surface area contributed by atoms with Gasteiger partial charge in [0.15, 0.2) is 0 Å². The fraction of sp³-hybridized carbons (Fsp3) is 0.600. The molecule has 0 bridgehead atoms. The maximum absolute atomic E-state index is 10.2. The fourth-order valence-corrected chi connectivity index (χ4v) is 2.46. The minimum absolute atomic E-state index is 0.253. The van der Waals surface area contributed by atoms with Gasteiger partial charge in [0.1, 0.15) is 0 Å². The van der Waals surface area contributed by atoms with Gasteiger partial charge in [0.2, 0.25) is 0 Å². The summed E-state index contributed by atoms with van der Waals surface area (Å²) in [5.74, 6) is 0.715. The molecule has 1 fully saturated rings. The molecule has 1 nitrogen and oxygen atoms in total. The second kappa shape index (κ2) is 5.49. The van der Waals surface area contributed by atoms with Gasteiger partial charge in [-0.3, -0.25) is 0 Å². The standard InChI is InChI=1S/C15H22O/c1-2-3-11-15(16)14-10-5-4-9-13(14)12-7-6-8-12/h4-5,9-10,12,15-16H,2-3,6-8,11H2,1H3. The van der Waals surface area contributed by atoms with E-state index in [1.54, 1.807) is 0 Å². The molecule has 1 aliphatic rings. The van der Waals surface area contributed by atoms with E-state index in [4.69, 9.17) is 0 Å². The van der Waals surface area contributed by atoms with Crippen molar-refractivity contribution in [2.75, 3.05) is 0 Å². The van der Waals surface area contributed by atoms with Gasteiger partial charge in [-0.2, -0.15) is 0 Å². The van der Waals surface area contributed by atoms with Crippen molar-refractivity contribution < 1.29 is 5.11 Å². The number of aliphatic hydroxyl groups excluding tert-OH is 1. The summed E-state index contributed by atoms with van der Waals surface area (Å²) in [7, 11) is 0. The maximum Gasteiger partial charge on any atom is 0.0792 e. The van der Waals surface area contributed by atoms with Crippen molar-refractivity contribution in [3.63, 3.8) is 0 Å². The lowest BCUT2D eigenvalue weighted by atomic mass is 9.77. The molecule has 1 heteroatoms. The third kappa shape index (κ3) is 2.46. The molecule has 0 amide bonds. The van der Waals surface area contributed by atoms with E-state index in [0.29, 0.717) is 5.92 Å². The topological polar surface area (TPSA) is 20.2 Å². The van der Waals surface area contributed by atoms with Crippen LogP contribution in [0.15, 0.2) is 24.3 Å². The number of rotatable bonds is 5. The first-order valence-corrected chi connectivity index (χ1v) is 6.59. The van der Waals surface area contributed by atoms with Crippen molar-refractivity contribution in [2.24, 2.45) is 0 Å². The summed E-state index contributed by atoms with van der Waals surface area (Å²) in [6, 6.07) is 8.46. The van der Waals surface area contributed by atoms with Crippen LogP contribution in [0.1, 0.15) is 68.6 Å². The van der Waals surface area contributed by atoms with Crippen LogP contribution in [0.2, 0.25) is 0 Å². The average molecular weight is 218 g/mol. The Morgan fingerprint density at radius 3 is 2.69 bits per heavy atom. The number of hydrogen-bond acceptors (Lipinski definition) is 1. The molecule has 0 radical (unpaired) electrons. The van der Waals surface area contributed by atoms with Gasteiger partial charge >= 0.3 is 0 Å². The molecule has 0 heterocycles. The molecule has 0 aliphatic heterocycles. The van der Waals surface area contributed by atoms with Gasteiger partial charge in [-0.05, 0) is 36.3 Å². The van der Waals surface area contributed by atoms with Gasteiger partial charge in [-0.1, -0.05) is 50.5 Å².